The van der Waals surface area contributed by atoms with Crippen molar-refractivity contribution in [3.05, 3.63) is 0 Å². The summed E-state index contributed by atoms with van der Waals surface area (Å²) in [7, 11) is 0. The lowest BCUT2D eigenvalue weighted by Crippen LogP contribution is -2.62. The van der Waals surface area contributed by atoms with Crippen molar-refractivity contribution in [1.29, 1.82) is 0 Å². The number of rotatable bonds is 5. The van der Waals surface area contributed by atoms with Gasteiger partial charge in [-0.15, -0.1) is 0 Å². The van der Waals surface area contributed by atoms with E-state index < -0.39 is 11.6 Å². The Kier molecular flexibility index (Phi) is 5.13. The maximum Gasteiger partial charge on any atom is 0.410 e. The van der Waals surface area contributed by atoms with Crippen LogP contribution in [0.5, 0.6) is 0 Å². The van der Waals surface area contributed by atoms with Crippen molar-refractivity contribution < 1.29 is 19.1 Å². The van der Waals surface area contributed by atoms with Gasteiger partial charge in [-0.1, -0.05) is 0 Å². The van der Waals surface area contributed by atoms with Crippen molar-refractivity contribution in [3.8, 4) is 0 Å². The number of imide groups is 1. The molecule has 8 nitrogen and oxygen atoms in total. The van der Waals surface area contributed by atoms with Crippen molar-refractivity contribution in [2.75, 3.05) is 19.6 Å². The van der Waals surface area contributed by atoms with E-state index in [1.54, 1.807) is 4.90 Å². The van der Waals surface area contributed by atoms with Crippen LogP contribution in [0.2, 0.25) is 0 Å². The fraction of sp³-hybridized carbons (Fsp3) is 0.800. The molecule has 2 rings (SSSR count). The average Bonchev–Trinajstić information content (AvgIpc) is 3.11. The van der Waals surface area contributed by atoms with Gasteiger partial charge in [0.25, 0.3) is 0 Å². The number of hydrogen-bond donors (Lipinski definition) is 2. The average molecular weight is 326 g/mol. The molecule has 0 aromatic carbocycles. The Bertz CT molecular complexity index is 478. The van der Waals surface area contributed by atoms with E-state index in [1.807, 2.05) is 20.8 Å². The molecule has 130 valence electrons. The second-order valence-electron chi connectivity index (χ2n) is 7.17. The number of amides is 4. The number of nitrogens with one attached hydrogen (secondary N) is 1. The second-order valence-corrected chi connectivity index (χ2v) is 7.17. The maximum atomic E-state index is 12.0. The Morgan fingerprint density at radius 2 is 1.83 bits per heavy atom. The van der Waals surface area contributed by atoms with E-state index >= 15 is 0 Å². The van der Waals surface area contributed by atoms with Crippen LogP contribution in [-0.4, -0.2) is 65.2 Å². The van der Waals surface area contributed by atoms with E-state index in [0.29, 0.717) is 25.7 Å². The van der Waals surface area contributed by atoms with Crippen molar-refractivity contribution in [2.45, 2.75) is 57.7 Å². The van der Waals surface area contributed by atoms with Crippen LogP contribution in [0.4, 0.5) is 9.59 Å². The number of carbonyl (C=O) groups excluding carboxylic acids is 3. The first kappa shape index (κ1) is 17.5. The van der Waals surface area contributed by atoms with Crippen molar-refractivity contribution in [3.63, 3.8) is 0 Å². The molecule has 1 saturated carbocycles. The predicted octanol–water partition coefficient (Wildman–Crippen LogP) is 0.655. The molecule has 1 heterocycles. The molecule has 8 heteroatoms. The van der Waals surface area contributed by atoms with E-state index in [9.17, 15) is 14.4 Å². The van der Waals surface area contributed by atoms with Crippen LogP contribution < -0.4 is 11.1 Å². The van der Waals surface area contributed by atoms with Crippen LogP contribution in [0.15, 0.2) is 0 Å². The third-order valence-electron chi connectivity index (χ3n) is 3.86. The predicted molar refractivity (Wildman–Crippen MR) is 83.7 cm³/mol. The van der Waals surface area contributed by atoms with Crippen LogP contribution >= 0.6 is 0 Å². The molecular formula is C15H26N4O4. The van der Waals surface area contributed by atoms with E-state index in [4.69, 9.17) is 10.5 Å². The molecular weight excluding hydrogens is 300 g/mol. The van der Waals surface area contributed by atoms with Gasteiger partial charge in [-0.3, -0.25) is 15.0 Å². The van der Waals surface area contributed by atoms with E-state index in [-0.39, 0.29) is 24.5 Å². The molecule has 4 amide bonds. The maximum absolute atomic E-state index is 12.0. The van der Waals surface area contributed by atoms with Gasteiger partial charge in [-0.05, 0) is 33.6 Å². The van der Waals surface area contributed by atoms with Gasteiger partial charge in [0.2, 0.25) is 5.91 Å². The fourth-order valence-electron chi connectivity index (χ4n) is 2.64. The first-order chi connectivity index (χ1) is 10.7. The Balaban J connectivity index is 1.77. The van der Waals surface area contributed by atoms with Crippen molar-refractivity contribution in [1.82, 2.24) is 15.1 Å². The van der Waals surface area contributed by atoms with Crippen molar-refractivity contribution >= 4 is 18.0 Å². The number of carbonyl (C=O) groups is 3. The Morgan fingerprint density at radius 1 is 1.22 bits per heavy atom. The molecule has 23 heavy (non-hydrogen) atoms. The molecule has 1 saturated heterocycles. The Morgan fingerprint density at radius 3 is 2.30 bits per heavy atom. The molecule has 0 bridgehead atoms. The summed E-state index contributed by atoms with van der Waals surface area (Å²) in [5, 5.41) is 2.07. The molecule has 0 unspecified atom stereocenters. The van der Waals surface area contributed by atoms with Gasteiger partial charge in [0.15, 0.2) is 0 Å². The quantitative estimate of drug-likeness (QED) is 0.772. The van der Waals surface area contributed by atoms with E-state index in [2.05, 4.69) is 10.2 Å². The van der Waals surface area contributed by atoms with Crippen molar-refractivity contribution in [2.24, 2.45) is 5.73 Å². The normalized spacial score (nSPS) is 18.5. The summed E-state index contributed by atoms with van der Waals surface area (Å²) in [6.45, 7) is 7.32. The highest BCUT2D eigenvalue weighted by molar-refractivity contribution is 5.93. The summed E-state index contributed by atoms with van der Waals surface area (Å²) in [5.41, 5.74) is 4.43. The van der Waals surface area contributed by atoms with Gasteiger partial charge in [0.05, 0.1) is 0 Å². The zero-order chi connectivity index (χ0) is 17.2. The van der Waals surface area contributed by atoms with Gasteiger partial charge in [0.1, 0.15) is 5.60 Å². The molecule has 0 atom stereocenters. The van der Waals surface area contributed by atoms with E-state index in [1.165, 1.54) is 0 Å². The fourth-order valence-corrected chi connectivity index (χ4v) is 2.64. The topological polar surface area (TPSA) is 105 Å². The summed E-state index contributed by atoms with van der Waals surface area (Å²) in [4.78, 5) is 38.1. The summed E-state index contributed by atoms with van der Waals surface area (Å²) in [6.07, 6.45) is 2.15. The molecule has 0 radical (unpaired) electrons. The largest absolute Gasteiger partial charge is 0.444 e. The van der Waals surface area contributed by atoms with Gasteiger partial charge in [-0.2, -0.15) is 0 Å². The number of nitrogens with two attached hydrogens (primary N) is 1. The van der Waals surface area contributed by atoms with Crippen LogP contribution in [0.3, 0.4) is 0 Å². The van der Waals surface area contributed by atoms with Gasteiger partial charge in [0, 0.05) is 38.1 Å². The smallest absolute Gasteiger partial charge is 0.410 e. The summed E-state index contributed by atoms with van der Waals surface area (Å²) in [5.74, 6) is -0.369. The number of nitrogens with zero attached hydrogens (tertiary/aromatic N) is 2. The first-order valence-electron chi connectivity index (χ1n) is 7.98. The lowest BCUT2D eigenvalue weighted by Gasteiger charge is -2.45. The van der Waals surface area contributed by atoms with Crippen LogP contribution in [0, 0.1) is 0 Å². The Hall–Kier alpha value is -1.83. The summed E-state index contributed by atoms with van der Waals surface area (Å²) < 4.78 is 5.34. The molecule has 0 aromatic rings. The highest BCUT2D eigenvalue weighted by atomic mass is 16.6. The zero-order valence-electron chi connectivity index (χ0n) is 14.0. The highest BCUT2D eigenvalue weighted by Crippen LogP contribution is 2.32. The monoisotopic (exact) mass is 326 g/mol. The minimum atomic E-state index is -0.826. The summed E-state index contributed by atoms with van der Waals surface area (Å²) >= 11 is 0. The molecule has 2 aliphatic rings. The molecule has 1 aliphatic heterocycles. The number of likely N-dealkylation sites (tertiary alicyclic amines) is 1. The molecule has 2 fully saturated rings. The lowest BCUT2D eigenvalue weighted by atomic mass is 10.1. The lowest BCUT2D eigenvalue weighted by molar-refractivity contribution is -0.120. The van der Waals surface area contributed by atoms with Crippen LogP contribution in [-0.2, 0) is 9.53 Å². The van der Waals surface area contributed by atoms with Gasteiger partial charge < -0.3 is 15.4 Å². The van der Waals surface area contributed by atoms with Gasteiger partial charge >= 0.3 is 12.1 Å². The Labute approximate surface area is 136 Å². The molecule has 1 aliphatic carbocycles. The standard InChI is InChI=1S/C15H26N4O4/c1-15(2,3)23-14(22)18-8-11(9-18)19(10-4-5-10)7-6-12(20)17-13(16)21/h10-11H,4-9H2,1-3H3,(H3,16,17,20,21). The molecule has 0 aromatic heterocycles. The first-order valence-corrected chi connectivity index (χ1v) is 7.98. The van der Waals surface area contributed by atoms with Gasteiger partial charge in [-0.25, -0.2) is 9.59 Å². The number of primary amides is 1. The van der Waals surface area contributed by atoms with Crippen LogP contribution in [0.1, 0.15) is 40.0 Å². The third-order valence-corrected chi connectivity index (χ3v) is 3.86. The molecule has 3 N–H and O–H groups in total. The minimum Gasteiger partial charge on any atom is -0.444 e. The number of hydrogen-bond acceptors (Lipinski definition) is 5. The molecule has 0 spiro atoms. The SMILES string of the molecule is CC(C)(C)OC(=O)N1CC(N(CCC(=O)NC(N)=O)C2CC2)C1. The van der Waals surface area contributed by atoms with Crippen LogP contribution in [0.25, 0.3) is 0 Å². The zero-order valence-corrected chi connectivity index (χ0v) is 14.0. The number of urea groups is 1. The number of ether oxygens (including phenoxy) is 1. The third kappa shape index (κ3) is 5.38. The van der Waals surface area contributed by atoms with E-state index in [0.717, 1.165) is 12.8 Å². The summed E-state index contributed by atoms with van der Waals surface area (Å²) in [6, 6.07) is -0.105. The highest BCUT2D eigenvalue weighted by Gasteiger charge is 2.42. The second kappa shape index (κ2) is 6.74. The minimum absolute atomic E-state index is 0.225.